The van der Waals surface area contributed by atoms with E-state index in [1.165, 1.54) is 0 Å². The number of carbonyl (C=O) groups is 1. The first kappa shape index (κ1) is 13.1. The van der Waals surface area contributed by atoms with Crippen molar-refractivity contribution in [1.29, 1.82) is 0 Å². The van der Waals surface area contributed by atoms with Gasteiger partial charge in [0.2, 0.25) is 0 Å². The van der Waals surface area contributed by atoms with Crippen molar-refractivity contribution in [3.8, 4) is 0 Å². The van der Waals surface area contributed by atoms with Gasteiger partial charge in [0, 0.05) is 6.42 Å². The number of ether oxygens (including phenoxy) is 1. The maximum atomic E-state index is 11.1. The molecule has 1 aliphatic heterocycles. The second-order valence-corrected chi connectivity index (χ2v) is 3.27. The first-order valence-corrected chi connectivity index (χ1v) is 4.65. The SMILES string of the molecule is O=C1OC(Cc2ccccc2)N/C1=C/O.[H-].[Na+]. The van der Waals surface area contributed by atoms with Gasteiger partial charge in [-0.05, 0) is 5.56 Å². The minimum atomic E-state index is -0.515. The summed E-state index contributed by atoms with van der Waals surface area (Å²) in [5.41, 5.74) is 1.18. The van der Waals surface area contributed by atoms with Crippen LogP contribution in [0.1, 0.15) is 6.99 Å². The van der Waals surface area contributed by atoms with Crippen LogP contribution in [0.5, 0.6) is 0 Å². The van der Waals surface area contributed by atoms with Crippen LogP contribution in [0.4, 0.5) is 0 Å². The molecular formula is C11H12NNaO3. The van der Waals surface area contributed by atoms with Crippen molar-refractivity contribution in [2.24, 2.45) is 0 Å². The summed E-state index contributed by atoms with van der Waals surface area (Å²) >= 11 is 0. The Balaban J connectivity index is 0.00000128. The summed E-state index contributed by atoms with van der Waals surface area (Å²) in [7, 11) is 0. The summed E-state index contributed by atoms with van der Waals surface area (Å²) in [6.45, 7) is 0. The topological polar surface area (TPSA) is 58.6 Å². The van der Waals surface area contributed by atoms with Crippen molar-refractivity contribution < 1.29 is 45.6 Å². The molecule has 1 fully saturated rings. The van der Waals surface area contributed by atoms with E-state index in [1.54, 1.807) is 0 Å². The Morgan fingerprint density at radius 1 is 1.44 bits per heavy atom. The molecule has 1 aromatic carbocycles. The van der Waals surface area contributed by atoms with Gasteiger partial charge in [0.05, 0.1) is 0 Å². The van der Waals surface area contributed by atoms with E-state index in [0.717, 1.165) is 11.8 Å². The van der Waals surface area contributed by atoms with Gasteiger partial charge in [-0.2, -0.15) is 0 Å². The van der Waals surface area contributed by atoms with Crippen LogP contribution in [0.3, 0.4) is 0 Å². The molecule has 2 rings (SSSR count). The van der Waals surface area contributed by atoms with E-state index in [1.807, 2.05) is 30.3 Å². The second-order valence-electron chi connectivity index (χ2n) is 3.27. The molecule has 5 heteroatoms. The summed E-state index contributed by atoms with van der Waals surface area (Å²) in [6.07, 6.45) is 0.926. The summed E-state index contributed by atoms with van der Waals surface area (Å²) in [4.78, 5) is 11.1. The van der Waals surface area contributed by atoms with Crippen molar-refractivity contribution in [3.05, 3.63) is 47.9 Å². The maximum absolute atomic E-state index is 11.1. The first-order valence-electron chi connectivity index (χ1n) is 4.65. The Morgan fingerprint density at radius 3 is 2.69 bits per heavy atom. The monoisotopic (exact) mass is 229 g/mol. The third kappa shape index (κ3) is 3.01. The molecule has 1 heterocycles. The number of hydrogen-bond donors (Lipinski definition) is 2. The van der Waals surface area contributed by atoms with E-state index in [2.05, 4.69) is 5.32 Å². The summed E-state index contributed by atoms with van der Waals surface area (Å²) in [5.74, 6) is -0.515. The van der Waals surface area contributed by atoms with E-state index >= 15 is 0 Å². The molecule has 0 bridgehead atoms. The molecule has 1 atom stereocenters. The number of nitrogens with one attached hydrogen (secondary N) is 1. The van der Waals surface area contributed by atoms with E-state index in [0.29, 0.717) is 6.42 Å². The molecule has 0 spiro atoms. The standard InChI is InChI=1S/C11H11NO3.Na.H/c13-7-9-11(14)15-10(12-9)6-8-4-2-1-3-5-8;;/h1-5,7,10,12-13H,6H2;;/q;+1;-1/b9-7+;;. The van der Waals surface area contributed by atoms with Gasteiger partial charge in [0.25, 0.3) is 0 Å². The molecule has 1 unspecified atom stereocenters. The van der Waals surface area contributed by atoms with Crippen LogP contribution in [0.15, 0.2) is 42.3 Å². The molecule has 0 aliphatic carbocycles. The molecule has 0 radical (unpaired) electrons. The third-order valence-electron chi connectivity index (χ3n) is 2.18. The summed E-state index contributed by atoms with van der Waals surface area (Å²) in [6, 6.07) is 9.69. The van der Waals surface area contributed by atoms with Gasteiger partial charge in [0.15, 0.2) is 11.9 Å². The van der Waals surface area contributed by atoms with Crippen LogP contribution < -0.4 is 34.9 Å². The Bertz CT molecular complexity index is 397. The molecule has 0 amide bonds. The molecule has 4 nitrogen and oxygen atoms in total. The minimum Gasteiger partial charge on any atom is -1.00 e. The van der Waals surface area contributed by atoms with Gasteiger partial charge in [-0.1, -0.05) is 30.3 Å². The largest absolute Gasteiger partial charge is 1.00 e. The summed E-state index contributed by atoms with van der Waals surface area (Å²) < 4.78 is 4.99. The maximum Gasteiger partial charge on any atom is 1.00 e. The van der Waals surface area contributed by atoms with Crippen molar-refractivity contribution in [1.82, 2.24) is 5.32 Å². The van der Waals surface area contributed by atoms with E-state index < -0.39 is 12.2 Å². The van der Waals surface area contributed by atoms with Crippen molar-refractivity contribution in [3.63, 3.8) is 0 Å². The quantitative estimate of drug-likeness (QED) is 0.272. The van der Waals surface area contributed by atoms with Crippen molar-refractivity contribution >= 4 is 5.97 Å². The fourth-order valence-electron chi connectivity index (χ4n) is 1.47. The molecule has 80 valence electrons. The number of cyclic esters (lactones) is 1. The van der Waals surface area contributed by atoms with Gasteiger partial charge < -0.3 is 16.6 Å². The first-order chi connectivity index (χ1) is 7.29. The average Bonchev–Trinajstić information content (AvgIpc) is 2.60. The number of carbonyl (C=O) groups excluding carboxylic acids is 1. The normalized spacial score (nSPS) is 21.1. The molecule has 2 N–H and O–H groups in total. The molecule has 1 aliphatic rings. The molecular weight excluding hydrogens is 217 g/mol. The molecule has 0 saturated carbocycles. The van der Waals surface area contributed by atoms with Gasteiger partial charge in [0.1, 0.15) is 6.26 Å². The molecule has 1 saturated heterocycles. The number of aliphatic hydroxyl groups excluding tert-OH is 1. The Hall–Kier alpha value is -0.970. The van der Waals surface area contributed by atoms with Crippen LogP contribution in [0, 0.1) is 0 Å². The average molecular weight is 229 g/mol. The van der Waals surface area contributed by atoms with Crippen LogP contribution in [0.2, 0.25) is 0 Å². The van der Waals surface area contributed by atoms with Crippen LogP contribution in [0.25, 0.3) is 0 Å². The predicted molar refractivity (Wildman–Crippen MR) is 55.0 cm³/mol. The third-order valence-corrected chi connectivity index (χ3v) is 2.18. The van der Waals surface area contributed by atoms with Crippen molar-refractivity contribution in [2.45, 2.75) is 12.6 Å². The van der Waals surface area contributed by atoms with Crippen LogP contribution >= 0.6 is 0 Å². The van der Waals surface area contributed by atoms with E-state index in [4.69, 9.17) is 9.84 Å². The van der Waals surface area contributed by atoms with E-state index in [-0.39, 0.29) is 36.7 Å². The fourth-order valence-corrected chi connectivity index (χ4v) is 1.47. The van der Waals surface area contributed by atoms with Crippen LogP contribution in [-0.4, -0.2) is 17.3 Å². The zero-order valence-electron chi connectivity index (χ0n) is 10.0. The smallest absolute Gasteiger partial charge is 1.00 e. The Labute approximate surface area is 117 Å². The fraction of sp³-hybridized carbons (Fsp3) is 0.182. The minimum absolute atomic E-state index is 0. The molecule has 1 aromatic rings. The van der Waals surface area contributed by atoms with Gasteiger partial charge in [-0.3, -0.25) is 0 Å². The Kier molecular flexibility index (Phi) is 4.86. The van der Waals surface area contributed by atoms with Crippen LogP contribution in [-0.2, 0) is 16.0 Å². The zero-order chi connectivity index (χ0) is 10.7. The number of hydrogen-bond acceptors (Lipinski definition) is 4. The summed E-state index contributed by atoms with van der Waals surface area (Å²) in [5, 5.41) is 11.5. The second kappa shape index (κ2) is 5.94. The molecule has 0 aromatic heterocycles. The predicted octanol–water partition coefficient (Wildman–Crippen LogP) is -1.78. The van der Waals surface area contributed by atoms with E-state index in [9.17, 15) is 4.79 Å². The number of rotatable bonds is 2. The zero-order valence-corrected chi connectivity index (χ0v) is 11.0. The van der Waals surface area contributed by atoms with Gasteiger partial charge in [-0.25, -0.2) is 4.79 Å². The number of aliphatic hydroxyl groups is 1. The number of esters is 1. The Morgan fingerprint density at radius 2 is 2.12 bits per heavy atom. The van der Waals surface area contributed by atoms with Gasteiger partial charge >= 0.3 is 35.5 Å². The number of benzene rings is 1. The molecule has 16 heavy (non-hydrogen) atoms. The van der Waals surface area contributed by atoms with Gasteiger partial charge in [-0.15, -0.1) is 0 Å². The van der Waals surface area contributed by atoms with Crippen molar-refractivity contribution in [2.75, 3.05) is 0 Å².